The average Bonchev–Trinajstić information content (AvgIpc) is 2.30. The molecule has 0 unspecified atom stereocenters. The molecule has 0 spiro atoms. The Labute approximate surface area is 94.1 Å². The van der Waals surface area contributed by atoms with Gasteiger partial charge in [-0.2, -0.15) is 0 Å². The third-order valence-electron chi connectivity index (χ3n) is 2.17. The van der Waals surface area contributed by atoms with Gasteiger partial charge in [0.2, 0.25) is 0 Å². The Balaban J connectivity index is 2.27. The minimum Gasteiger partial charge on any atom is -0.384 e. The van der Waals surface area contributed by atoms with E-state index in [4.69, 9.17) is 10.5 Å². The van der Waals surface area contributed by atoms with Gasteiger partial charge in [0, 0.05) is 13.3 Å². The zero-order chi connectivity index (χ0) is 11.4. The van der Waals surface area contributed by atoms with Crippen molar-refractivity contribution in [3.63, 3.8) is 0 Å². The summed E-state index contributed by atoms with van der Waals surface area (Å²) in [7, 11) is 1.66. The first-order valence-electron chi connectivity index (χ1n) is 4.96. The van der Waals surface area contributed by atoms with E-state index in [1.54, 1.807) is 19.4 Å². The fourth-order valence-corrected chi connectivity index (χ4v) is 1.42. The van der Waals surface area contributed by atoms with Crippen LogP contribution in [0, 0.1) is 0 Å². The first-order valence-corrected chi connectivity index (χ1v) is 4.96. The van der Waals surface area contributed by atoms with Crippen molar-refractivity contribution in [2.45, 2.75) is 6.61 Å². The zero-order valence-electron chi connectivity index (χ0n) is 9.05. The van der Waals surface area contributed by atoms with Gasteiger partial charge in [-0.15, -0.1) is 0 Å². The van der Waals surface area contributed by atoms with E-state index in [0.717, 1.165) is 17.0 Å². The molecule has 0 saturated carbocycles. The first kappa shape index (κ1) is 10.6. The van der Waals surface area contributed by atoms with Crippen LogP contribution in [-0.2, 0) is 11.3 Å². The maximum absolute atomic E-state index is 5.61. The van der Waals surface area contributed by atoms with Crippen LogP contribution in [0.5, 0.6) is 0 Å². The van der Waals surface area contributed by atoms with Gasteiger partial charge in [-0.25, -0.2) is 4.98 Å². The van der Waals surface area contributed by atoms with Crippen LogP contribution in [0.1, 0.15) is 5.56 Å². The monoisotopic (exact) mass is 215 g/mol. The third-order valence-corrected chi connectivity index (χ3v) is 2.17. The van der Waals surface area contributed by atoms with Gasteiger partial charge < -0.3 is 10.5 Å². The maximum atomic E-state index is 5.61. The summed E-state index contributed by atoms with van der Waals surface area (Å²) < 4.78 is 5.02. The molecule has 2 N–H and O–H groups in total. The Morgan fingerprint density at radius 1 is 1.19 bits per heavy atom. The van der Waals surface area contributed by atoms with Gasteiger partial charge in [-0.1, -0.05) is 12.1 Å². The topological polar surface area (TPSA) is 61.0 Å². The van der Waals surface area contributed by atoms with E-state index in [2.05, 4.69) is 9.97 Å². The molecule has 4 heteroatoms. The van der Waals surface area contributed by atoms with Crippen molar-refractivity contribution >= 4 is 5.82 Å². The highest BCUT2D eigenvalue weighted by molar-refractivity contribution is 5.56. The number of nitrogens with two attached hydrogens (primary N) is 1. The van der Waals surface area contributed by atoms with Gasteiger partial charge in [-0.3, -0.25) is 4.98 Å². The number of hydrogen-bond donors (Lipinski definition) is 1. The highest BCUT2D eigenvalue weighted by Crippen LogP contribution is 2.15. The van der Waals surface area contributed by atoms with E-state index < -0.39 is 0 Å². The molecule has 2 aromatic heterocycles. The number of pyridine rings is 2. The molecule has 0 saturated heterocycles. The summed E-state index contributed by atoms with van der Waals surface area (Å²) in [5.74, 6) is 0.500. The number of nitrogens with zero attached hydrogens (tertiary/aromatic N) is 2. The van der Waals surface area contributed by atoms with E-state index >= 15 is 0 Å². The SMILES string of the molecule is COCc1ccc(-c2cccc(N)n2)nc1. The number of hydrogen-bond acceptors (Lipinski definition) is 4. The molecule has 0 aromatic carbocycles. The Morgan fingerprint density at radius 2 is 2.06 bits per heavy atom. The van der Waals surface area contributed by atoms with Gasteiger partial charge in [-0.05, 0) is 23.8 Å². The zero-order valence-corrected chi connectivity index (χ0v) is 9.05. The lowest BCUT2D eigenvalue weighted by molar-refractivity contribution is 0.184. The maximum Gasteiger partial charge on any atom is 0.124 e. The van der Waals surface area contributed by atoms with Crippen molar-refractivity contribution in [1.29, 1.82) is 0 Å². The molecular weight excluding hydrogens is 202 g/mol. The van der Waals surface area contributed by atoms with Crippen LogP contribution in [-0.4, -0.2) is 17.1 Å². The van der Waals surface area contributed by atoms with Crippen LogP contribution in [0.25, 0.3) is 11.4 Å². The molecule has 2 aromatic rings. The number of aromatic nitrogens is 2. The van der Waals surface area contributed by atoms with E-state index in [1.165, 1.54) is 0 Å². The molecule has 0 bridgehead atoms. The third kappa shape index (κ3) is 2.35. The largest absolute Gasteiger partial charge is 0.384 e. The Hall–Kier alpha value is -1.94. The van der Waals surface area contributed by atoms with Crippen molar-refractivity contribution in [2.24, 2.45) is 0 Å². The van der Waals surface area contributed by atoms with Crippen LogP contribution < -0.4 is 5.73 Å². The normalized spacial score (nSPS) is 10.3. The summed E-state index contributed by atoms with van der Waals surface area (Å²) in [5, 5.41) is 0. The molecule has 2 heterocycles. The molecule has 0 aliphatic rings. The smallest absolute Gasteiger partial charge is 0.124 e. The van der Waals surface area contributed by atoms with Gasteiger partial charge >= 0.3 is 0 Å². The summed E-state index contributed by atoms with van der Waals surface area (Å²) in [6.07, 6.45) is 1.78. The molecule has 0 aliphatic carbocycles. The predicted octanol–water partition coefficient (Wildman–Crippen LogP) is 1.87. The highest BCUT2D eigenvalue weighted by Gasteiger charge is 2.01. The molecule has 2 rings (SSSR count). The molecule has 0 radical (unpaired) electrons. The lowest BCUT2D eigenvalue weighted by atomic mass is 10.2. The minimum absolute atomic E-state index is 0.500. The van der Waals surface area contributed by atoms with Crippen molar-refractivity contribution in [2.75, 3.05) is 12.8 Å². The molecule has 82 valence electrons. The average molecular weight is 215 g/mol. The second kappa shape index (κ2) is 4.72. The van der Waals surface area contributed by atoms with Crippen molar-refractivity contribution in [3.8, 4) is 11.4 Å². The molecule has 0 atom stereocenters. The fraction of sp³-hybridized carbons (Fsp3) is 0.167. The number of methoxy groups -OCH3 is 1. The van der Waals surface area contributed by atoms with Gasteiger partial charge in [0.1, 0.15) is 5.82 Å². The fourth-order valence-electron chi connectivity index (χ4n) is 1.42. The Kier molecular flexibility index (Phi) is 3.12. The van der Waals surface area contributed by atoms with Crippen molar-refractivity contribution < 1.29 is 4.74 Å². The van der Waals surface area contributed by atoms with E-state index in [-0.39, 0.29) is 0 Å². The Morgan fingerprint density at radius 3 is 2.69 bits per heavy atom. The summed E-state index contributed by atoms with van der Waals surface area (Å²) in [5.41, 5.74) is 8.25. The predicted molar refractivity (Wildman–Crippen MR) is 62.6 cm³/mol. The minimum atomic E-state index is 0.500. The summed E-state index contributed by atoms with van der Waals surface area (Å²) >= 11 is 0. The van der Waals surface area contributed by atoms with E-state index in [1.807, 2.05) is 24.3 Å². The van der Waals surface area contributed by atoms with Crippen LogP contribution in [0.3, 0.4) is 0 Å². The number of ether oxygens (including phenoxy) is 1. The van der Waals surface area contributed by atoms with Gasteiger partial charge in [0.05, 0.1) is 18.0 Å². The first-order chi connectivity index (χ1) is 7.79. The van der Waals surface area contributed by atoms with Crippen LogP contribution >= 0.6 is 0 Å². The van der Waals surface area contributed by atoms with Crippen LogP contribution in [0.4, 0.5) is 5.82 Å². The summed E-state index contributed by atoms with van der Waals surface area (Å²) in [6, 6.07) is 9.38. The standard InChI is InChI=1S/C12H13N3O/c1-16-8-9-5-6-10(14-7-9)11-3-2-4-12(13)15-11/h2-7H,8H2,1H3,(H2,13,15). The lowest BCUT2D eigenvalue weighted by Gasteiger charge is -2.02. The van der Waals surface area contributed by atoms with Crippen molar-refractivity contribution in [1.82, 2.24) is 9.97 Å². The molecule has 4 nitrogen and oxygen atoms in total. The van der Waals surface area contributed by atoms with Crippen LogP contribution in [0.15, 0.2) is 36.5 Å². The quantitative estimate of drug-likeness (QED) is 0.849. The summed E-state index contributed by atoms with van der Waals surface area (Å²) in [6.45, 7) is 0.567. The van der Waals surface area contributed by atoms with E-state index in [9.17, 15) is 0 Å². The molecule has 0 aliphatic heterocycles. The van der Waals surface area contributed by atoms with Gasteiger partial charge in [0.15, 0.2) is 0 Å². The highest BCUT2D eigenvalue weighted by atomic mass is 16.5. The van der Waals surface area contributed by atoms with Crippen molar-refractivity contribution in [3.05, 3.63) is 42.1 Å². The van der Waals surface area contributed by atoms with E-state index in [0.29, 0.717) is 12.4 Å². The van der Waals surface area contributed by atoms with Gasteiger partial charge in [0.25, 0.3) is 0 Å². The summed E-state index contributed by atoms with van der Waals surface area (Å²) in [4.78, 5) is 8.51. The second-order valence-electron chi connectivity index (χ2n) is 3.43. The molecule has 0 fully saturated rings. The lowest BCUT2D eigenvalue weighted by Crippen LogP contribution is -1.94. The second-order valence-corrected chi connectivity index (χ2v) is 3.43. The Bertz CT molecular complexity index is 468. The number of nitrogen functional groups attached to an aromatic ring is 1. The molecule has 16 heavy (non-hydrogen) atoms. The number of rotatable bonds is 3. The van der Waals surface area contributed by atoms with Crippen LogP contribution in [0.2, 0.25) is 0 Å². The molecule has 0 amide bonds. The molecular formula is C12H13N3O. The number of anilines is 1.